The molecule has 108 valence electrons. The number of amides is 1. The van der Waals surface area contributed by atoms with E-state index in [4.69, 9.17) is 27.9 Å². The van der Waals surface area contributed by atoms with E-state index in [2.05, 4.69) is 6.58 Å². The van der Waals surface area contributed by atoms with Crippen molar-refractivity contribution in [3.63, 3.8) is 0 Å². The molecular formula is C14H15Cl2NO3. The lowest BCUT2D eigenvalue weighted by Crippen LogP contribution is -2.37. The van der Waals surface area contributed by atoms with Gasteiger partial charge in [-0.2, -0.15) is 0 Å². The summed E-state index contributed by atoms with van der Waals surface area (Å²) in [6.07, 6.45) is 1.52. The molecule has 0 N–H and O–H groups in total. The van der Waals surface area contributed by atoms with Gasteiger partial charge < -0.3 is 9.64 Å². The lowest BCUT2D eigenvalue weighted by molar-refractivity contribution is -0.143. The van der Waals surface area contributed by atoms with Gasteiger partial charge in [-0.1, -0.05) is 35.3 Å². The summed E-state index contributed by atoms with van der Waals surface area (Å²) >= 11 is 12.0. The van der Waals surface area contributed by atoms with Gasteiger partial charge in [0.2, 0.25) is 0 Å². The molecule has 0 saturated heterocycles. The minimum Gasteiger partial charge on any atom is -0.465 e. The maximum Gasteiger partial charge on any atom is 0.325 e. The zero-order valence-corrected chi connectivity index (χ0v) is 12.6. The third kappa shape index (κ3) is 4.25. The molecule has 0 heterocycles. The van der Waals surface area contributed by atoms with Crippen molar-refractivity contribution in [3.05, 3.63) is 46.5 Å². The molecule has 4 nitrogen and oxygen atoms in total. The Labute approximate surface area is 127 Å². The Hall–Kier alpha value is -1.52. The number of rotatable bonds is 6. The fraction of sp³-hybridized carbons (Fsp3) is 0.286. The molecule has 0 bridgehead atoms. The number of halogens is 2. The molecule has 0 aliphatic carbocycles. The summed E-state index contributed by atoms with van der Waals surface area (Å²) in [6, 6.07) is 4.78. The summed E-state index contributed by atoms with van der Waals surface area (Å²) in [5.41, 5.74) is 0.169. The second-order valence-corrected chi connectivity index (χ2v) is 4.69. The molecule has 0 atom stereocenters. The third-order valence-corrected chi connectivity index (χ3v) is 3.07. The number of esters is 1. The molecule has 1 aromatic rings. The first-order chi connectivity index (χ1) is 9.51. The molecule has 0 spiro atoms. The van der Waals surface area contributed by atoms with E-state index in [1.807, 2.05) is 0 Å². The van der Waals surface area contributed by atoms with Crippen LogP contribution in [0.4, 0.5) is 0 Å². The first-order valence-corrected chi connectivity index (χ1v) is 6.76. The minimum absolute atomic E-state index is 0.169. The van der Waals surface area contributed by atoms with Crippen LogP contribution in [0.2, 0.25) is 10.0 Å². The highest BCUT2D eigenvalue weighted by atomic mass is 35.5. The predicted molar refractivity (Wildman–Crippen MR) is 79.2 cm³/mol. The maximum atomic E-state index is 12.4. The van der Waals surface area contributed by atoms with Gasteiger partial charge in [0.05, 0.1) is 22.2 Å². The molecule has 0 saturated carbocycles. The largest absolute Gasteiger partial charge is 0.465 e. The Morgan fingerprint density at radius 2 is 1.95 bits per heavy atom. The van der Waals surface area contributed by atoms with Crippen molar-refractivity contribution >= 4 is 35.1 Å². The van der Waals surface area contributed by atoms with E-state index in [1.54, 1.807) is 25.1 Å². The Balaban J connectivity index is 2.99. The second-order valence-electron chi connectivity index (χ2n) is 3.88. The highest BCUT2D eigenvalue weighted by Crippen LogP contribution is 2.25. The number of carbonyl (C=O) groups excluding carboxylic acids is 2. The van der Waals surface area contributed by atoms with Crippen molar-refractivity contribution in [1.82, 2.24) is 4.90 Å². The highest BCUT2D eigenvalue weighted by Gasteiger charge is 2.22. The van der Waals surface area contributed by atoms with Crippen LogP contribution in [0.5, 0.6) is 0 Å². The minimum atomic E-state index is -0.495. The van der Waals surface area contributed by atoms with Crippen LogP contribution in [0.25, 0.3) is 0 Å². The molecule has 0 fully saturated rings. The molecule has 0 aromatic heterocycles. The Kier molecular flexibility index (Phi) is 6.55. The Morgan fingerprint density at radius 1 is 1.35 bits per heavy atom. The van der Waals surface area contributed by atoms with Crippen LogP contribution in [0.1, 0.15) is 17.3 Å². The maximum absolute atomic E-state index is 12.4. The molecule has 1 aromatic carbocycles. The van der Waals surface area contributed by atoms with E-state index < -0.39 is 11.9 Å². The second kappa shape index (κ2) is 7.92. The van der Waals surface area contributed by atoms with Crippen molar-refractivity contribution in [2.75, 3.05) is 19.7 Å². The van der Waals surface area contributed by atoms with Crippen LogP contribution >= 0.6 is 23.2 Å². The van der Waals surface area contributed by atoms with E-state index >= 15 is 0 Å². The van der Waals surface area contributed by atoms with Gasteiger partial charge in [0.1, 0.15) is 6.54 Å². The van der Waals surface area contributed by atoms with Crippen molar-refractivity contribution in [1.29, 1.82) is 0 Å². The molecular weight excluding hydrogens is 301 g/mol. The van der Waals surface area contributed by atoms with Gasteiger partial charge in [-0.25, -0.2) is 0 Å². The lowest BCUT2D eigenvalue weighted by atomic mass is 10.2. The van der Waals surface area contributed by atoms with E-state index in [0.29, 0.717) is 0 Å². The van der Waals surface area contributed by atoms with Gasteiger partial charge in [-0.3, -0.25) is 9.59 Å². The van der Waals surface area contributed by atoms with Gasteiger partial charge in [0, 0.05) is 6.54 Å². The Morgan fingerprint density at radius 3 is 2.45 bits per heavy atom. The number of carbonyl (C=O) groups is 2. The summed E-state index contributed by atoms with van der Waals surface area (Å²) in [7, 11) is 0. The van der Waals surface area contributed by atoms with Gasteiger partial charge in [-0.05, 0) is 19.1 Å². The SMILES string of the molecule is C=CCN(CC(=O)OCC)C(=O)c1c(Cl)cccc1Cl. The third-order valence-electron chi connectivity index (χ3n) is 2.44. The molecule has 0 radical (unpaired) electrons. The smallest absolute Gasteiger partial charge is 0.325 e. The van der Waals surface area contributed by atoms with E-state index in [-0.39, 0.29) is 35.3 Å². The standard InChI is InChI=1S/C14H15Cl2NO3/c1-3-8-17(9-12(18)20-4-2)14(19)13-10(15)6-5-7-11(13)16/h3,5-7H,1,4,8-9H2,2H3. The highest BCUT2D eigenvalue weighted by molar-refractivity contribution is 6.39. The van der Waals surface area contributed by atoms with Crippen LogP contribution in [0, 0.1) is 0 Å². The average molecular weight is 316 g/mol. The fourth-order valence-corrected chi connectivity index (χ4v) is 2.16. The molecule has 0 aliphatic rings. The number of hydrogen-bond donors (Lipinski definition) is 0. The number of nitrogens with zero attached hydrogens (tertiary/aromatic N) is 1. The predicted octanol–water partition coefficient (Wildman–Crippen LogP) is 3.18. The molecule has 1 amide bonds. The summed E-state index contributed by atoms with van der Waals surface area (Å²) in [4.78, 5) is 25.2. The van der Waals surface area contributed by atoms with Crippen molar-refractivity contribution in [2.45, 2.75) is 6.92 Å². The molecule has 6 heteroatoms. The molecule has 0 unspecified atom stereocenters. The van der Waals surface area contributed by atoms with Crippen molar-refractivity contribution in [2.24, 2.45) is 0 Å². The Bertz CT molecular complexity index is 497. The van der Waals surface area contributed by atoms with E-state index in [9.17, 15) is 9.59 Å². The van der Waals surface area contributed by atoms with Gasteiger partial charge in [0.25, 0.3) is 5.91 Å². The van der Waals surface area contributed by atoms with Crippen LogP contribution in [0.15, 0.2) is 30.9 Å². The van der Waals surface area contributed by atoms with Gasteiger partial charge in [0.15, 0.2) is 0 Å². The van der Waals surface area contributed by atoms with Crippen molar-refractivity contribution < 1.29 is 14.3 Å². The van der Waals surface area contributed by atoms with E-state index in [0.717, 1.165) is 0 Å². The first-order valence-electron chi connectivity index (χ1n) is 6.01. The zero-order valence-electron chi connectivity index (χ0n) is 11.1. The first kappa shape index (κ1) is 16.5. The summed E-state index contributed by atoms with van der Waals surface area (Å²) in [6.45, 7) is 5.52. The van der Waals surface area contributed by atoms with Gasteiger partial charge in [-0.15, -0.1) is 6.58 Å². The summed E-state index contributed by atoms with van der Waals surface area (Å²) in [5.74, 6) is -0.931. The monoisotopic (exact) mass is 315 g/mol. The van der Waals surface area contributed by atoms with Crippen LogP contribution in [-0.2, 0) is 9.53 Å². The average Bonchev–Trinajstić information content (AvgIpc) is 2.38. The quantitative estimate of drug-likeness (QED) is 0.598. The normalized spacial score (nSPS) is 9.95. The fourth-order valence-electron chi connectivity index (χ4n) is 1.60. The molecule has 0 aliphatic heterocycles. The van der Waals surface area contributed by atoms with Crippen LogP contribution in [0.3, 0.4) is 0 Å². The number of benzene rings is 1. The number of hydrogen-bond acceptors (Lipinski definition) is 3. The molecule has 1 rings (SSSR count). The zero-order chi connectivity index (χ0) is 15.1. The molecule has 20 heavy (non-hydrogen) atoms. The van der Waals surface area contributed by atoms with E-state index in [1.165, 1.54) is 11.0 Å². The van der Waals surface area contributed by atoms with Gasteiger partial charge >= 0.3 is 5.97 Å². The summed E-state index contributed by atoms with van der Waals surface area (Å²) < 4.78 is 4.83. The van der Waals surface area contributed by atoms with Crippen LogP contribution < -0.4 is 0 Å². The van der Waals surface area contributed by atoms with Crippen LogP contribution in [-0.4, -0.2) is 36.5 Å². The lowest BCUT2D eigenvalue weighted by Gasteiger charge is -2.21. The van der Waals surface area contributed by atoms with Crippen molar-refractivity contribution in [3.8, 4) is 0 Å². The summed E-state index contributed by atoms with van der Waals surface area (Å²) in [5, 5.41) is 0.473. The number of ether oxygens (including phenoxy) is 1. The topological polar surface area (TPSA) is 46.6 Å².